The molecule has 0 aromatic heterocycles. The minimum Gasteiger partial charge on any atom is -0.482 e. The van der Waals surface area contributed by atoms with E-state index in [1.165, 1.54) is 6.07 Å². The minimum atomic E-state index is -0.0399. The number of piperazine rings is 1. The smallest absolute Gasteiger partial charge is 0.260 e. The van der Waals surface area contributed by atoms with Gasteiger partial charge in [0.15, 0.2) is 6.61 Å². The Bertz CT molecular complexity index is 530. The van der Waals surface area contributed by atoms with Gasteiger partial charge in [0.2, 0.25) is 0 Å². The Morgan fingerprint density at radius 2 is 2.10 bits per heavy atom. The maximum atomic E-state index is 12.0. The number of anilines is 1. The van der Waals surface area contributed by atoms with E-state index in [-0.39, 0.29) is 12.5 Å². The van der Waals surface area contributed by atoms with E-state index in [0.29, 0.717) is 17.0 Å². The highest BCUT2D eigenvalue weighted by molar-refractivity contribution is 5.78. The number of hydrogen-bond acceptors (Lipinski definition) is 5. The third kappa shape index (κ3) is 3.39. The fraction of sp³-hybridized carbons (Fsp3) is 0.429. The summed E-state index contributed by atoms with van der Waals surface area (Å²) in [5, 5.41) is 8.75. The minimum absolute atomic E-state index is 0.0280. The number of carbonyl (C=O) groups is 1. The van der Waals surface area contributed by atoms with Crippen LogP contribution in [0.25, 0.3) is 0 Å². The van der Waals surface area contributed by atoms with Crippen LogP contribution in [-0.2, 0) is 4.79 Å². The lowest BCUT2D eigenvalue weighted by Crippen LogP contribution is -2.48. The fourth-order valence-electron chi connectivity index (χ4n) is 2.04. The van der Waals surface area contributed by atoms with Gasteiger partial charge in [-0.3, -0.25) is 4.79 Å². The molecule has 1 saturated heterocycles. The number of likely N-dealkylation sites (N-methyl/N-ethyl adjacent to an activating group) is 1. The number of nitrogens with two attached hydrogens (primary N) is 1. The van der Waals surface area contributed by atoms with Gasteiger partial charge in [0.05, 0.1) is 17.3 Å². The van der Waals surface area contributed by atoms with Gasteiger partial charge in [0, 0.05) is 26.2 Å². The predicted octanol–water partition coefficient (Wildman–Crippen LogP) is 0.293. The first-order valence-corrected chi connectivity index (χ1v) is 6.49. The Morgan fingerprint density at radius 1 is 1.40 bits per heavy atom. The second-order valence-electron chi connectivity index (χ2n) is 4.84. The number of ether oxygens (including phenoxy) is 1. The zero-order chi connectivity index (χ0) is 14.5. The Balaban J connectivity index is 1.89. The van der Waals surface area contributed by atoms with Gasteiger partial charge in [-0.2, -0.15) is 5.26 Å². The summed E-state index contributed by atoms with van der Waals surface area (Å²) in [6.07, 6.45) is 0. The maximum absolute atomic E-state index is 12.0. The van der Waals surface area contributed by atoms with Crippen molar-refractivity contribution in [3.63, 3.8) is 0 Å². The molecule has 106 valence electrons. The molecule has 2 N–H and O–H groups in total. The average Bonchev–Trinajstić information content (AvgIpc) is 2.46. The normalized spacial score (nSPS) is 15.7. The highest BCUT2D eigenvalue weighted by atomic mass is 16.5. The van der Waals surface area contributed by atoms with E-state index in [9.17, 15) is 4.79 Å². The molecule has 0 radical (unpaired) electrons. The van der Waals surface area contributed by atoms with Crippen molar-refractivity contribution in [1.82, 2.24) is 9.80 Å². The first-order valence-electron chi connectivity index (χ1n) is 6.49. The molecule has 1 aromatic carbocycles. The van der Waals surface area contributed by atoms with Crippen molar-refractivity contribution in [2.75, 3.05) is 45.6 Å². The molecule has 0 saturated carbocycles. The van der Waals surface area contributed by atoms with Gasteiger partial charge in [-0.1, -0.05) is 0 Å². The van der Waals surface area contributed by atoms with Crippen LogP contribution in [0.4, 0.5) is 5.69 Å². The monoisotopic (exact) mass is 274 g/mol. The van der Waals surface area contributed by atoms with Crippen LogP contribution in [0.15, 0.2) is 18.2 Å². The van der Waals surface area contributed by atoms with E-state index in [0.717, 1.165) is 26.2 Å². The number of amides is 1. The summed E-state index contributed by atoms with van der Waals surface area (Å²) in [5.41, 5.74) is 6.62. The molecule has 1 heterocycles. The summed E-state index contributed by atoms with van der Waals surface area (Å²) in [6, 6.07) is 6.77. The van der Waals surface area contributed by atoms with E-state index in [1.807, 2.05) is 13.1 Å². The second-order valence-corrected chi connectivity index (χ2v) is 4.84. The van der Waals surface area contributed by atoms with E-state index < -0.39 is 0 Å². The molecule has 1 aromatic rings. The lowest BCUT2D eigenvalue weighted by Gasteiger charge is -2.32. The van der Waals surface area contributed by atoms with Crippen molar-refractivity contribution >= 4 is 11.6 Å². The summed E-state index contributed by atoms with van der Waals surface area (Å²) >= 11 is 0. The number of nitriles is 1. The molecule has 6 heteroatoms. The maximum Gasteiger partial charge on any atom is 0.260 e. The number of nitrogen functional groups attached to an aromatic ring is 1. The average molecular weight is 274 g/mol. The van der Waals surface area contributed by atoms with Crippen molar-refractivity contribution in [2.45, 2.75) is 0 Å². The summed E-state index contributed by atoms with van der Waals surface area (Å²) in [7, 11) is 2.04. The van der Waals surface area contributed by atoms with Crippen molar-refractivity contribution in [3.8, 4) is 11.8 Å². The van der Waals surface area contributed by atoms with Gasteiger partial charge >= 0.3 is 0 Å². The standard InChI is InChI=1S/C14H18N4O2/c1-17-4-6-18(7-5-17)14(19)10-20-13-3-2-11(9-15)8-12(13)16/h2-3,8H,4-7,10,16H2,1H3. The molecule has 20 heavy (non-hydrogen) atoms. The Kier molecular flexibility index (Phi) is 4.43. The first-order chi connectivity index (χ1) is 9.60. The van der Waals surface area contributed by atoms with Crippen LogP contribution in [0.5, 0.6) is 5.75 Å². The number of hydrogen-bond donors (Lipinski definition) is 1. The van der Waals surface area contributed by atoms with Crippen molar-refractivity contribution in [1.29, 1.82) is 5.26 Å². The quantitative estimate of drug-likeness (QED) is 0.801. The summed E-state index contributed by atoms with van der Waals surface area (Å²) in [5.74, 6) is 0.397. The largest absolute Gasteiger partial charge is 0.482 e. The summed E-state index contributed by atoms with van der Waals surface area (Å²) in [4.78, 5) is 16.0. The molecule has 0 atom stereocenters. The topological polar surface area (TPSA) is 82.6 Å². The van der Waals surface area contributed by atoms with Crippen molar-refractivity contribution in [3.05, 3.63) is 23.8 Å². The van der Waals surface area contributed by atoms with Gasteiger partial charge in [-0.15, -0.1) is 0 Å². The molecule has 0 aliphatic carbocycles. The van der Waals surface area contributed by atoms with Gasteiger partial charge < -0.3 is 20.3 Å². The lowest BCUT2D eigenvalue weighted by atomic mass is 10.2. The fourth-order valence-corrected chi connectivity index (χ4v) is 2.04. The Morgan fingerprint density at radius 3 is 2.70 bits per heavy atom. The highest BCUT2D eigenvalue weighted by Gasteiger charge is 2.19. The van der Waals surface area contributed by atoms with Crippen LogP contribution < -0.4 is 10.5 Å². The van der Waals surface area contributed by atoms with Gasteiger partial charge in [-0.05, 0) is 25.2 Å². The molecule has 0 spiro atoms. The number of rotatable bonds is 3. The highest BCUT2D eigenvalue weighted by Crippen LogP contribution is 2.22. The Hall–Kier alpha value is -2.26. The van der Waals surface area contributed by atoms with Gasteiger partial charge in [-0.25, -0.2) is 0 Å². The molecule has 2 rings (SSSR count). The third-order valence-electron chi connectivity index (χ3n) is 3.35. The number of carbonyl (C=O) groups excluding carboxylic acids is 1. The zero-order valence-corrected chi connectivity index (χ0v) is 11.5. The van der Waals surface area contributed by atoms with Crippen LogP contribution in [0.2, 0.25) is 0 Å². The molecule has 1 aliphatic rings. The molecule has 1 amide bonds. The third-order valence-corrected chi connectivity index (χ3v) is 3.35. The predicted molar refractivity (Wildman–Crippen MR) is 75.1 cm³/mol. The second kappa shape index (κ2) is 6.26. The van der Waals surface area contributed by atoms with E-state index >= 15 is 0 Å². The van der Waals surface area contributed by atoms with E-state index in [4.69, 9.17) is 15.7 Å². The zero-order valence-electron chi connectivity index (χ0n) is 11.5. The number of benzene rings is 1. The summed E-state index contributed by atoms with van der Waals surface area (Å²) in [6.45, 7) is 3.18. The molecular formula is C14H18N4O2. The first kappa shape index (κ1) is 14.2. The molecule has 1 aliphatic heterocycles. The Labute approximate surface area is 118 Å². The molecule has 0 bridgehead atoms. The molecule has 0 unspecified atom stereocenters. The van der Waals surface area contributed by atoms with Crippen LogP contribution in [0.1, 0.15) is 5.56 Å². The molecule has 1 fully saturated rings. The van der Waals surface area contributed by atoms with Crippen LogP contribution in [0.3, 0.4) is 0 Å². The van der Waals surface area contributed by atoms with Crippen LogP contribution in [0, 0.1) is 11.3 Å². The van der Waals surface area contributed by atoms with Gasteiger partial charge in [0.1, 0.15) is 5.75 Å². The lowest BCUT2D eigenvalue weighted by molar-refractivity contribution is -0.134. The van der Waals surface area contributed by atoms with Crippen molar-refractivity contribution < 1.29 is 9.53 Å². The van der Waals surface area contributed by atoms with Gasteiger partial charge in [0.25, 0.3) is 5.91 Å². The number of nitrogens with zero attached hydrogens (tertiary/aromatic N) is 3. The molecule has 6 nitrogen and oxygen atoms in total. The van der Waals surface area contributed by atoms with Crippen molar-refractivity contribution in [2.24, 2.45) is 0 Å². The van der Waals surface area contributed by atoms with Crippen LogP contribution >= 0.6 is 0 Å². The van der Waals surface area contributed by atoms with Crippen LogP contribution in [-0.4, -0.2) is 55.5 Å². The molecular weight excluding hydrogens is 256 g/mol. The summed E-state index contributed by atoms with van der Waals surface area (Å²) < 4.78 is 5.44. The SMILES string of the molecule is CN1CCN(C(=O)COc2ccc(C#N)cc2N)CC1. The van der Waals surface area contributed by atoms with E-state index in [1.54, 1.807) is 17.0 Å². The van der Waals surface area contributed by atoms with E-state index in [2.05, 4.69) is 4.90 Å².